The Morgan fingerprint density at radius 3 is 2.67 bits per heavy atom. The molecule has 0 spiro atoms. The topological polar surface area (TPSA) is 72.2 Å². The van der Waals surface area contributed by atoms with Crippen LogP contribution < -0.4 is 5.32 Å². The van der Waals surface area contributed by atoms with Crippen molar-refractivity contribution in [3.8, 4) is 0 Å². The fourth-order valence-corrected chi connectivity index (χ4v) is 2.20. The summed E-state index contributed by atoms with van der Waals surface area (Å²) in [5, 5.41) is 14.1. The maximum atomic E-state index is 12.0. The Bertz CT molecular complexity index is 701. The molecular weight excluding hydrogens is 292 g/mol. The van der Waals surface area contributed by atoms with E-state index in [-0.39, 0.29) is 18.0 Å². The van der Waals surface area contributed by atoms with Gasteiger partial charge in [0.2, 0.25) is 5.91 Å². The smallest absolute Gasteiger partial charge is 0.274 e. The molecular formula is C15H13ClN2O3. The molecule has 0 fully saturated rings. The van der Waals surface area contributed by atoms with Crippen molar-refractivity contribution in [3.63, 3.8) is 0 Å². The monoisotopic (exact) mass is 304 g/mol. The first kappa shape index (κ1) is 15.0. The van der Waals surface area contributed by atoms with Crippen molar-refractivity contribution in [1.29, 1.82) is 0 Å². The fraction of sp³-hybridized carbons (Fsp3) is 0.133. The molecule has 0 aromatic heterocycles. The first-order chi connectivity index (χ1) is 9.97. The second-order valence-electron chi connectivity index (χ2n) is 4.56. The molecule has 108 valence electrons. The van der Waals surface area contributed by atoms with E-state index in [1.54, 1.807) is 43.3 Å². The van der Waals surface area contributed by atoms with Crippen LogP contribution in [0.2, 0.25) is 5.02 Å². The summed E-state index contributed by atoms with van der Waals surface area (Å²) in [5.41, 5.74) is 1.64. The van der Waals surface area contributed by atoms with Crippen LogP contribution in [0.5, 0.6) is 0 Å². The number of nitrogens with zero attached hydrogens (tertiary/aromatic N) is 1. The van der Waals surface area contributed by atoms with Crippen LogP contribution in [0.1, 0.15) is 11.1 Å². The molecule has 6 heteroatoms. The number of amides is 1. The van der Waals surface area contributed by atoms with E-state index in [1.165, 1.54) is 6.07 Å². The molecule has 1 amide bonds. The summed E-state index contributed by atoms with van der Waals surface area (Å²) in [7, 11) is 0. The Hall–Kier alpha value is -2.40. The van der Waals surface area contributed by atoms with Gasteiger partial charge in [-0.15, -0.1) is 0 Å². The Morgan fingerprint density at radius 1 is 1.29 bits per heavy atom. The summed E-state index contributed by atoms with van der Waals surface area (Å²) in [6, 6.07) is 11.6. The summed E-state index contributed by atoms with van der Waals surface area (Å²) in [4.78, 5) is 22.4. The van der Waals surface area contributed by atoms with Crippen LogP contribution in [-0.2, 0) is 11.2 Å². The van der Waals surface area contributed by atoms with E-state index in [0.717, 1.165) is 5.56 Å². The van der Waals surface area contributed by atoms with Crippen molar-refractivity contribution in [1.82, 2.24) is 0 Å². The number of hydrogen-bond donors (Lipinski definition) is 1. The first-order valence-corrected chi connectivity index (χ1v) is 6.63. The van der Waals surface area contributed by atoms with Crippen LogP contribution in [-0.4, -0.2) is 10.8 Å². The van der Waals surface area contributed by atoms with E-state index in [9.17, 15) is 14.9 Å². The Balaban J connectivity index is 2.13. The van der Waals surface area contributed by atoms with Crippen LogP contribution in [0.15, 0.2) is 42.5 Å². The second kappa shape index (κ2) is 6.37. The molecule has 1 N–H and O–H groups in total. The van der Waals surface area contributed by atoms with Gasteiger partial charge in [-0.3, -0.25) is 14.9 Å². The molecule has 0 bridgehead atoms. The number of anilines is 1. The standard InChI is InChI=1S/C15H13ClN2O3/c1-10-13(6-3-7-14(10)18(20)21)17-15(19)9-11-4-2-5-12(16)8-11/h2-8H,9H2,1H3,(H,17,19). The summed E-state index contributed by atoms with van der Waals surface area (Å²) >= 11 is 5.86. The highest BCUT2D eigenvalue weighted by Gasteiger charge is 2.14. The molecule has 0 radical (unpaired) electrons. The molecule has 2 aromatic rings. The van der Waals surface area contributed by atoms with Crippen LogP contribution in [0.4, 0.5) is 11.4 Å². The Kier molecular flexibility index (Phi) is 4.55. The molecule has 2 aromatic carbocycles. The summed E-state index contributed by atoms with van der Waals surface area (Å²) in [5.74, 6) is -0.249. The lowest BCUT2D eigenvalue weighted by Crippen LogP contribution is -2.15. The first-order valence-electron chi connectivity index (χ1n) is 6.25. The number of carbonyl (C=O) groups excluding carboxylic acids is 1. The molecule has 0 unspecified atom stereocenters. The van der Waals surface area contributed by atoms with E-state index >= 15 is 0 Å². The molecule has 0 saturated carbocycles. The van der Waals surface area contributed by atoms with Crippen LogP contribution in [0.3, 0.4) is 0 Å². The fourth-order valence-electron chi connectivity index (χ4n) is 1.98. The Morgan fingerprint density at radius 2 is 2.00 bits per heavy atom. The number of carbonyl (C=O) groups is 1. The SMILES string of the molecule is Cc1c(NC(=O)Cc2cccc(Cl)c2)cccc1[N+](=O)[O-]. The third-order valence-corrected chi connectivity index (χ3v) is 3.26. The molecule has 21 heavy (non-hydrogen) atoms. The zero-order chi connectivity index (χ0) is 15.4. The van der Waals surface area contributed by atoms with E-state index in [0.29, 0.717) is 16.3 Å². The van der Waals surface area contributed by atoms with Crippen molar-refractivity contribution < 1.29 is 9.72 Å². The van der Waals surface area contributed by atoms with Crippen LogP contribution in [0.25, 0.3) is 0 Å². The lowest BCUT2D eigenvalue weighted by molar-refractivity contribution is -0.385. The van der Waals surface area contributed by atoms with Crippen molar-refractivity contribution in [3.05, 3.63) is 68.7 Å². The van der Waals surface area contributed by atoms with Crippen LogP contribution >= 0.6 is 11.6 Å². The van der Waals surface area contributed by atoms with E-state index < -0.39 is 4.92 Å². The summed E-state index contributed by atoms with van der Waals surface area (Å²) < 4.78 is 0. The molecule has 0 aliphatic rings. The van der Waals surface area contributed by atoms with Gasteiger partial charge in [0.1, 0.15) is 0 Å². The lowest BCUT2D eigenvalue weighted by Gasteiger charge is -2.08. The zero-order valence-electron chi connectivity index (χ0n) is 11.3. The van der Waals surface area contributed by atoms with Gasteiger partial charge in [0, 0.05) is 11.1 Å². The van der Waals surface area contributed by atoms with Crippen molar-refractivity contribution in [2.45, 2.75) is 13.3 Å². The van der Waals surface area contributed by atoms with Crippen LogP contribution in [0, 0.1) is 17.0 Å². The zero-order valence-corrected chi connectivity index (χ0v) is 12.1. The predicted octanol–water partition coefficient (Wildman–Crippen LogP) is 3.74. The largest absolute Gasteiger partial charge is 0.325 e. The summed E-state index contributed by atoms with van der Waals surface area (Å²) in [6.45, 7) is 1.60. The van der Waals surface area contributed by atoms with Gasteiger partial charge in [-0.1, -0.05) is 29.8 Å². The normalized spacial score (nSPS) is 10.2. The minimum absolute atomic E-state index is 0.0180. The quantitative estimate of drug-likeness (QED) is 0.691. The highest BCUT2D eigenvalue weighted by Crippen LogP contribution is 2.25. The van der Waals surface area contributed by atoms with Gasteiger partial charge in [0.25, 0.3) is 5.69 Å². The minimum atomic E-state index is -0.470. The number of nitrogens with one attached hydrogen (secondary N) is 1. The number of nitro groups is 1. The molecule has 0 aliphatic heterocycles. The maximum absolute atomic E-state index is 12.0. The molecule has 2 rings (SSSR count). The minimum Gasteiger partial charge on any atom is -0.325 e. The third kappa shape index (κ3) is 3.79. The van der Waals surface area contributed by atoms with E-state index in [2.05, 4.69) is 5.32 Å². The molecule has 0 aliphatic carbocycles. The average Bonchev–Trinajstić information content (AvgIpc) is 2.40. The summed E-state index contributed by atoms with van der Waals surface area (Å²) in [6.07, 6.45) is 0.155. The molecule has 5 nitrogen and oxygen atoms in total. The molecule has 0 heterocycles. The van der Waals surface area contributed by atoms with Gasteiger partial charge >= 0.3 is 0 Å². The lowest BCUT2D eigenvalue weighted by atomic mass is 10.1. The van der Waals surface area contributed by atoms with Crippen molar-refractivity contribution >= 4 is 28.9 Å². The Labute approximate surface area is 126 Å². The number of nitro benzene ring substituents is 1. The second-order valence-corrected chi connectivity index (χ2v) is 5.00. The van der Waals surface area contributed by atoms with Crippen molar-refractivity contribution in [2.24, 2.45) is 0 Å². The molecule has 0 saturated heterocycles. The van der Waals surface area contributed by atoms with Gasteiger partial charge in [0.15, 0.2) is 0 Å². The third-order valence-electron chi connectivity index (χ3n) is 3.03. The highest BCUT2D eigenvalue weighted by atomic mass is 35.5. The maximum Gasteiger partial charge on any atom is 0.274 e. The molecule has 0 atom stereocenters. The number of hydrogen-bond acceptors (Lipinski definition) is 3. The van der Waals surface area contributed by atoms with Gasteiger partial charge < -0.3 is 5.32 Å². The number of halogens is 1. The average molecular weight is 305 g/mol. The number of benzene rings is 2. The highest BCUT2D eigenvalue weighted by molar-refractivity contribution is 6.30. The van der Waals surface area contributed by atoms with Gasteiger partial charge in [-0.25, -0.2) is 0 Å². The predicted molar refractivity (Wildman–Crippen MR) is 81.6 cm³/mol. The van der Waals surface area contributed by atoms with Crippen molar-refractivity contribution in [2.75, 3.05) is 5.32 Å². The van der Waals surface area contributed by atoms with Gasteiger partial charge in [0.05, 0.1) is 22.6 Å². The van der Waals surface area contributed by atoms with Gasteiger partial charge in [-0.2, -0.15) is 0 Å². The van der Waals surface area contributed by atoms with E-state index in [1.807, 2.05) is 0 Å². The van der Waals surface area contributed by atoms with Gasteiger partial charge in [-0.05, 0) is 30.7 Å². The van der Waals surface area contributed by atoms with E-state index in [4.69, 9.17) is 11.6 Å². The number of rotatable bonds is 4.